The maximum atomic E-state index is 13.5. The Morgan fingerprint density at radius 3 is 2.82 bits per heavy atom. The lowest BCUT2D eigenvalue weighted by Gasteiger charge is -2.04. The number of hydrogen-bond acceptors (Lipinski definition) is 3. The van der Waals surface area contributed by atoms with E-state index in [0.717, 1.165) is 0 Å². The van der Waals surface area contributed by atoms with Crippen molar-refractivity contribution in [2.24, 2.45) is 5.73 Å². The fraction of sp³-hybridized carbons (Fsp3) is 0.0909. The highest BCUT2D eigenvalue weighted by atomic mass is 19.1. The first kappa shape index (κ1) is 11.1. The third-order valence-electron chi connectivity index (χ3n) is 2.33. The molecule has 0 aliphatic carbocycles. The SMILES string of the molecule is NC(=O)c1cnn(Cc2ccc(N)cc2F)c1. The second kappa shape index (κ2) is 4.25. The summed E-state index contributed by atoms with van der Waals surface area (Å²) in [7, 11) is 0. The van der Waals surface area contributed by atoms with Crippen LogP contribution in [0.3, 0.4) is 0 Å². The van der Waals surface area contributed by atoms with Gasteiger partial charge in [-0.2, -0.15) is 5.10 Å². The highest BCUT2D eigenvalue weighted by molar-refractivity contribution is 5.92. The predicted molar refractivity (Wildman–Crippen MR) is 60.7 cm³/mol. The van der Waals surface area contributed by atoms with Crippen LogP contribution in [0.1, 0.15) is 15.9 Å². The molecule has 1 aromatic heterocycles. The van der Waals surface area contributed by atoms with Crippen molar-refractivity contribution < 1.29 is 9.18 Å². The van der Waals surface area contributed by atoms with Crippen molar-refractivity contribution >= 4 is 11.6 Å². The smallest absolute Gasteiger partial charge is 0.251 e. The van der Waals surface area contributed by atoms with Gasteiger partial charge in [0, 0.05) is 17.4 Å². The topological polar surface area (TPSA) is 86.9 Å². The van der Waals surface area contributed by atoms with Gasteiger partial charge in [-0.15, -0.1) is 0 Å². The summed E-state index contributed by atoms with van der Waals surface area (Å²) in [6.45, 7) is 0.222. The monoisotopic (exact) mass is 234 g/mol. The van der Waals surface area contributed by atoms with Crippen molar-refractivity contribution in [2.75, 3.05) is 5.73 Å². The summed E-state index contributed by atoms with van der Waals surface area (Å²) in [5, 5.41) is 3.91. The third-order valence-corrected chi connectivity index (χ3v) is 2.33. The van der Waals surface area contributed by atoms with Gasteiger partial charge in [-0.3, -0.25) is 9.48 Å². The molecule has 17 heavy (non-hydrogen) atoms. The second-order valence-corrected chi connectivity index (χ2v) is 3.64. The van der Waals surface area contributed by atoms with E-state index in [1.165, 1.54) is 23.1 Å². The van der Waals surface area contributed by atoms with Crippen molar-refractivity contribution in [2.45, 2.75) is 6.54 Å². The van der Waals surface area contributed by atoms with Crippen LogP contribution in [0, 0.1) is 5.82 Å². The number of rotatable bonds is 3. The highest BCUT2D eigenvalue weighted by Gasteiger charge is 2.07. The zero-order valence-electron chi connectivity index (χ0n) is 8.93. The van der Waals surface area contributed by atoms with Crippen LogP contribution in [0.25, 0.3) is 0 Å². The van der Waals surface area contributed by atoms with Gasteiger partial charge >= 0.3 is 0 Å². The molecule has 0 bridgehead atoms. The first-order chi connectivity index (χ1) is 8.06. The Balaban J connectivity index is 2.22. The number of primary amides is 1. The Morgan fingerprint density at radius 2 is 2.24 bits per heavy atom. The summed E-state index contributed by atoms with van der Waals surface area (Å²) in [4.78, 5) is 10.9. The van der Waals surface area contributed by atoms with Crippen LogP contribution in [-0.4, -0.2) is 15.7 Å². The molecule has 2 rings (SSSR count). The lowest BCUT2D eigenvalue weighted by atomic mass is 10.2. The predicted octanol–water partition coefficient (Wildman–Crippen LogP) is 0.752. The average Bonchev–Trinajstić information content (AvgIpc) is 2.71. The fourth-order valence-electron chi connectivity index (χ4n) is 1.44. The summed E-state index contributed by atoms with van der Waals surface area (Å²) in [6.07, 6.45) is 2.82. The quantitative estimate of drug-likeness (QED) is 0.768. The Kier molecular flexibility index (Phi) is 2.78. The summed E-state index contributed by atoms with van der Waals surface area (Å²) in [5.41, 5.74) is 11.6. The van der Waals surface area contributed by atoms with Gasteiger partial charge in [-0.1, -0.05) is 6.07 Å². The van der Waals surface area contributed by atoms with Crippen LogP contribution in [0.5, 0.6) is 0 Å². The molecule has 2 aromatic rings. The normalized spacial score (nSPS) is 10.4. The molecule has 6 heteroatoms. The Morgan fingerprint density at radius 1 is 1.47 bits per heavy atom. The average molecular weight is 234 g/mol. The number of benzene rings is 1. The number of carbonyl (C=O) groups is 1. The second-order valence-electron chi connectivity index (χ2n) is 3.64. The van der Waals surface area contributed by atoms with Crippen LogP contribution in [0.15, 0.2) is 30.6 Å². The molecule has 0 unspecified atom stereocenters. The first-order valence-electron chi connectivity index (χ1n) is 4.92. The summed E-state index contributed by atoms with van der Waals surface area (Å²) in [5.74, 6) is -0.963. The van der Waals surface area contributed by atoms with E-state index in [2.05, 4.69) is 5.10 Å². The molecule has 1 aromatic carbocycles. The van der Waals surface area contributed by atoms with Crippen molar-refractivity contribution in [3.05, 3.63) is 47.5 Å². The number of nitrogens with two attached hydrogens (primary N) is 2. The van der Waals surface area contributed by atoms with Crippen molar-refractivity contribution in [1.29, 1.82) is 0 Å². The standard InChI is InChI=1S/C11H11FN4O/c12-10-3-9(13)2-1-7(10)5-16-6-8(4-15-16)11(14)17/h1-4,6H,5,13H2,(H2,14,17). The van der Waals surface area contributed by atoms with E-state index in [4.69, 9.17) is 11.5 Å². The van der Waals surface area contributed by atoms with Crippen molar-refractivity contribution in [3.63, 3.8) is 0 Å². The molecule has 0 atom stereocenters. The van der Waals surface area contributed by atoms with Gasteiger partial charge in [0.15, 0.2) is 0 Å². The summed E-state index contributed by atoms with van der Waals surface area (Å²) in [6, 6.07) is 4.43. The number of nitrogens with zero attached hydrogens (tertiary/aromatic N) is 2. The van der Waals surface area contributed by atoms with Crippen LogP contribution in [0.2, 0.25) is 0 Å². The van der Waals surface area contributed by atoms with E-state index in [1.807, 2.05) is 0 Å². The molecule has 4 N–H and O–H groups in total. The number of aromatic nitrogens is 2. The molecule has 1 amide bonds. The van der Waals surface area contributed by atoms with Crippen LogP contribution in [-0.2, 0) is 6.54 Å². The molecule has 0 spiro atoms. The van der Waals surface area contributed by atoms with E-state index in [1.54, 1.807) is 12.1 Å². The lowest BCUT2D eigenvalue weighted by molar-refractivity contribution is 0.1000. The molecular weight excluding hydrogens is 223 g/mol. The van der Waals surface area contributed by atoms with E-state index < -0.39 is 11.7 Å². The van der Waals surface area contributed by atoms with Gasteiger partial charge in [0.05, 0.1) is 18.3 Å². The summed E-state index contributed by atoms with van der Waals surface area (Å²) < 4.78 is 14.9. The number of amides is 1. The maximum Gasteiger partial charge on any atom is 0.251 e. The maximum absolute atomic E-state index is 13.5. The molecule has 5 nitrogen and oxygen atoms in total. The Labute approximate surface area is 96.8 Å². The minimum Gasteiger partial charge on any atom is -0.399 e. The number of halogens is 1. The number of carbonyl (C=O) groups excluding carboxylic acids is 1. The van der Waals surface area contributed by atoms with Crippen LogP contribution in [0.4, 0.5) is 10.1 Å². The van der Waals surface area contributed by atoms with E-state index in [9.17, 15) is 9.18 Å². The van der Waals surface area contributed by atoms with Gasteiger partial charge in [0.25, 0.3) is 5.91 Å². The van der Waals surface area contributed by atoms with Crippen molar-refractivity contribution in [1.82, 2.24) is 9.78 Å². The minimum atomic E-state index is -0.561. The number of hydrogen-bond donors (Lipinski definition) is 2. The van der Waals surface area contributed by atoms with Gasteiger partial charge in [0.2, 0.25) is 0 Å². The van der Waals surface area contributed by atoms with Crippen LogP contribution < -0.4 is 11.5 Å². The van der Waals surface area contributed by atoms with E-state index in [-0.39, 0.29) is 6.54 Å². The highest BCUT2D eigenvalue weighted by Crippen LogP contribution is 2.13. The first-order valence-corrected chi connectivity index (χ1v) is 4.92. The lowest BCUT2D eigenvalue weighted by Crippen LogP contribution is -2.09. The molecular formula is C11H11FN4O. The van der Waals surface area contributed by atoms with Gasteiger partial charge in [-0.25, -0.2) is 4.39 Å². The largest absolute Gasteiger partial charge is 0.399 e. The molecule has 88 valence electrons. The fourth-order valence-corrected chi connectivity index (χ4v) is 1.44. The minimum absolute atomic E-state index is 0.222. The molecule has 0 aliphatic rings. The molecule has 0 saturated heterocycles. The zero-order chi connectivity index (χ0) is 12.4. The Hall–Kier alpha value is -2.37. The number of anilines is 1. The Bertz CT molecular complexity index is 564. The molecule has 1 heterocycles. The molecule has 0 aliphatic heterocycles. The van der Waals surface area contributed by atoms with E-state index in [0.29, 0.717) is 16.8 Å². The van der Waals surface area contributed by atoms with Gasteiger partial charge in [-0.05, 0) is 12.1 Å². The van der Waals surface area contributed by atoms with Gasteiger partial charge < -0.3 is 11.5 Å². The number of nitrogen functional groups attached to an aromatic ring is 1. The molecule has 0 fully saturated rings. The van der Waals surface area contributed by atoms with E-state index >= 15 is 0 Å². The van der Waals surface area contributed by atoms with Crippen LogP contribution >= 0.6 is 0 Å². The summed E-state index contributed by atoms with van der Waals surface area (Å²) >= 11 is 0. The van der Waals surface area contributed by atoms with Gasteiger partial charge in [0.1, 0.15) is 5.82 Å². The zero-order valence-corrected chi connectivity index (χ0v) is 8.93. The third kappa shape index (κ3) is 2.41. The molecule has 0 radical (unpaired) electrons. The molecule has 0 saturated carbocycles. The van der Waals surface area contributed by atoms with Crippen molar-refractivity contribution in [3.8, 4) is 0 Å².